The maximum atomic E-state index is 11.4. The zero-order chi connectivity index (χ0) is 19.0. The van der Waals surface area contributed by atoms with E-state index in [4.69, 9.17) is 23.7 Å². The Labute approximate surface area is 149 Å². The molecule has 8 heteroatoms. The minimum atomic E-state index is -0.507. The third-order valence-electron chi connectivity index (χ3n) is 2.47. The summed E-state index contributed by atoms with van der Waals surface area (Å²) in [6, 6.07) is 0. The molecule has 1 amide bonds. The lowest BCUT2D eigenvalue weighted by molar-refractivity contribution is -0.143. The van der Waals surface area contributed by atoms with Crippen molar-refractivity contribution in [2.45, 2.75) is 32.8 Å². The van der Waals surface area contributed by atoms with Gasteiger partial charge in [-0.05, 0) is 20.8 Å². The van der Waals surface area contributed by atoms with Crippen LogP contribution >= 0.6 is 0 Å². The lowest BCUT2D eigenvalue weighted by atomic mass is 10.2. The van der Waals surface area contributed by atoms with Gasteiger partial charge in [0.15, 0.2) is 0 Å². The van der Waals surface area contributed by atoms with Crippen molar-refractivity contribution in [2.75, 3.05) is 52.8 Å². The molecule has 0 spiro atoms. The molecule has 0 aromatic carbocycles. The van der Waals surface area contributed by atoms with Gasteiger partial charge in [0.1, 0.15) is 12.2 Å². The molecule has 0 aromatic rings. The van der Waals surface area contributed by atoms with Gasteiger partial charge in [0.2, 0.25) is 0 Å². The third kappa shape index (κ3) is 18.5. The minimum absolute atomic E-state index is 0.210. The molecule has 146 valence electrons. The van der Waals surface area contributed by atoms with E-state index in [9.17, 15) is 9.59 Å². The summed E-state index contributed by atoms with van der Waals surface area (Å²) in [6.07, 6.45) is 1.27. The fraction of sp³-hybridized carbons (Fsp3) is 0.765. The van der Waals surface area contributed by atoms with Gasteiger partial charge in [-0.15, -0.1) is 0 Å². The highest BCUT2D eigenvalue weighted by Crippen LogP contribution is 2.05. The van der Waals surface area contributed by atoms with Crippen molar-refractivity contribution in [3.63, 3.8) is 0 Å². The standard InChI is InChI=1S/C17H31NO7/c1-5-8-24-15(19)6-9-21-11-13-23-14-12-22-10-7-18-16(20)25-17(2,3)4/h5H,1,6-14H2,2-4H3,(H,18,20). The number of amides is 1. The Morgan fingerprint density at radius 3 is 2.08 bits per heavy atom. The second-order valence-electron chi connectivity index (χ2n) is 5.99. The lowest BCUT2D eigenvalue weighted by Crippen LogP contribution is -2.34. The summed E-state index contributed by atoms with van der Waals surface area (Å²) in [6.45, 7) is 11.8. The Bertz CT molecular complexity index is 380. The van der Waals surface area contributed by atoms with Crippen molar-refractivity contribution in [3.05, 3.63) is 12.7 Å². The van der Waals surface area contributed by atoms with Crippen LogP contribution in [0, 0.1) is 0 Å². The van der Waals surface area contributed by atoms with Crippen LogP contribution in [0.2, 0.25) is 0 Å². The molecule has 0 aromatic heterocycles. The van der Waals surface area contributed by atoms with Gasteiger partial charge in [0, 0.05) is 6.54 Å². The average Bonchev–Trinajstić information content (AvgIpc) is 2.52. The van der Waals surface area contributed by atoms with Gasteiger partial charge in [-0.3, -0.25) is 4.79 Å². The Kier molecular flexibility index (Phi) is 13.7. The Hall–Kier alpha value is -1.64. The van der Waals surface area contributed by atoms with E-state index in [2.05, 4.69) is 11.9 Å². The summed E-state index contributed by atoms with van der Waals surface area (Å²) < 4.78 is 25.7. The molecule has 1 N–H and O–H groups in total. The number of rotatable bonds is 14. The van der Waals surface area contributed by atoms with Crippen molar-refractivity contribution < 1.29 is 33.3 Å². The molecule has 0 aliphatic carbocycles. The smallest absolute Gasteiger partial charge is 0.407 e. The zero-order valence-corrected chi connectivity index (χ0v) is 15.5. The van der Waals surface area contributed by atoms with E-state index in [0.29, 0.717) is 46.2 Å². The van der Waals surface area contributed by atoms with E-state index in [0.717, 1.165) is 0 Å². The largest absolute Gasteiger partial charge is 0.461 e. The van der Waals surface area contributed by atoms with Crippen LogP contribution in [-0.4, -0.2) is 70.5 Å². The maximum absolute atomic E-state index is 11.4. The Morgan fingerprint density at radius 2 is 1.52 bits per heavy atom. The molecule has 0 radical (unpaired) electrons. The van der Waals surface area contributed by atoms with Crippen molar-refractivity contribution >= 4 is 12.1 Å². The number of carbonyl (C=O) groups excluding carboxylic acids is 2. The number of esters is 1. The van der Waals surface area contributed by atoms with Crippen LogP contribution in [0.5, 0.6) is 0 Å². The molecule has 0 heterocycles. The fourth-order valence-corrected chi connectivity index (χ4v) is 1.46. The molecule has 0 fully saturated rings. The molecule has 0 unspecified atom stereocenters. The first-order chi connectivity index (χ1) is 11.8. The van der Waals surface area contributed by atoms with E-state index in [1.165, 1.54) is 6.08 Å². The maximum Gasteiger partial charge on any atom is 0.407 e. The van der Waals surface area contributed by atoms with Gasteiger partial charge in [-0.2, -0.15) is 0 Å². The van der Waals surface area contributed by atoms with Crippen molar-refractivity contribution in [1.82, 2.24) is 5.32 Å². The topological polar surface area (TPSA) is 92.3 Å². The second kappa shape index (κ2) is 14.7. The SMILES string of the molecule is C=CCOC(=O)CCOCCOCCOCCNC(=O)OC(C)(C)C. The van der Waals surface area contributed by atoms with Gasteiger partial charge in [-0.1, -0.05) is 12.7 Å². The third-order valence-corrected chi connectivity index (χ3v) is 2.47. The molecule has 25 heavy (non-hydrogen) atoms. The van der Waals surface area contributed by atoms with Gasteiger partial charge in [0.05, 0.1) is 46.1 Å². The highest BCUT2D eigenvalue weighted by Gasteiger charge is 2.15. The molecule has 8 nitrogen and oxygen atoms in total. The normalized spacial score (nSPS) is 11.0. The summed E-state index contributed by atoms with van der Waals surface area (Å²) in [4.78, 5) is 22.5. The van der Waals surface area contributed by atoms with Crippen molar-refractivity contribution in [3.8, 4) is 0 Å². The molecule has 0 bridgehead atoms. The molecule has 0 saturated carbocycles. The van der Waals surface area contributed by atoms with E-state index in [-0.39, 0.29) is 19.0 Å². The first kappa shape index (κ1) is 23.4. The highest BCUT2D eigenvalue weighted by atomic mass is 16.6. The number of carbonyl (C=O) groups is 2. The molecule has 0 aliphatic rings. The van der Waals surface area contributed by atoms with Crippen molar-refractivity contribution in [1.29, 1.82) is 0 Å². The Balaban J connectivity index is 3.25. The van der Waals surface area contributed by atoms with Crippen LogP contribution in [0.4, 0.5) is 4.79 Å². The van der Waals surface area contributed by atoms with E-state index in [1.54, 1.807) is 20.8 Å². The monoisotopic (exact) mass is 361 g/mol. The molecule has 0 rings (SSSR count). The molecule has 0 aliphatic heterocycles. The summed E-state index contributed by atoms with van der Waals surface area (Å²) in [7, 11) is 0. The lowest BCUT2D eigenvalue weighted by Gasteiger charge is -2.19. The number of hydrogen-bond donors (Lipinski definition) is 1. The van der Waals surface area contributed by atoms with Gasteiger partial charge in [0.25, 0.3) is 0 Å². The van der Waals surface area contributed by atoms with E-state index < -0.39 is 11.7 Å². The first-order valence-electron chi connectivity index (χ1n) is 8.31. The van der Waals surface area contributed by atoms with Crippen molar-refractivity contribution in [2.24, 2.45) is 0 Å². The molecular weight excluding hydrogens is 330 g/mol. The van der Waals surface area contributed by atoms with Crippen LogP contribution in [0.3, 0.4) is 0 Å². The van der Waals surface area contributed by atoms with Gasteiger partial charge >= 0.3 is 12.1 Å². The summed E-state index contributed by atoms with van der Waals surface area (Å²) in [5.41, 5.74) is -0.507. The van der Waals surface area contributed by atoms with Crippen LogP contribution in [0.25, 0.3) is 0 Å². The summed E-state index contributed by atoms with van der Waals surface area (Å²) in [5, 5.41) is 2.60. The van der Waals surface area contributed by atoms with Gasteiger partial charge in [-0.25, -0.2) is 4.79 Å². The second-order valence-corrected chi connectivity index (χ2v) is 5.99. The number of ether oxygens (including phenoxy) is 5. The van der Waals surface area contributed by atoms with Crippen LogP contribution in [-0.2, 0) is 28.5 Å². The summed E-state index contributed by atoms with van der Waals surface area (Å²) >= 11 is 0. The van der Waals surface area contributed by atoms with Gasteiger partial charge < -0.3 is 29.0 Å². The zero-order valence-electron chi connectivity index (χ0n) is 15.5. The first-order valence-corrected chi connectivity index (χ1v) is 8.31. The number of alkyl carbamates (subject to hydrolysis) is 1. The number of nitrogens with one attached hydrogen (secondary N) is 1. The van der Waals surface area contributed by atoms with Crippen LogP contribution < -0.4 is 5.32 Å². The van der Waals surface area contributed by atoms with E-state index in [1.807, 2.05) is 0 Å². The minimum Gasteiger partial charge on any atom is -0.461 e. The number of hydrogen-bond acceptors (Lipinski definition) is 7. The predicted octanol–water partition coefficient (Wildman–Crippen LogP) is 1.68. The van der Waals surface area contributed by atoms with Crippen LogP contribution in [0.1, 0.15) is 27.2 Å². The Morgan fingerprint density at radius 1 is 0.960 bits per heavy atom. The summed E-state index contributed by atoms with van der Waals surface area (Å²) in [5.74, 6) is -0.311. The quantitative estimate of drug-likeness (QED) is 0.286. The molecule has 0 saturated heterocycles. The van der Waals surface area contributed by atoms with Crippen LogP contribution in [0.15, 0.2) is 12.7 Å². The predicted molar refractivity (Wildman–Crippen MR) is 92.5 cm³/mol. The fourth-order valence-electron chi connectivity index (χ4n) is 1.46. The van der Waals surface area contributed by atoms with E-state index >= 15 is 0 Å². The molecular formula is C17H31NO7. The highest BCUT2D eigenvalue weighted by molar-refractivity contribution is 5.69. The average molecular weight is 361 g/mol. The molecule has 0 atom stereocenters.